The fourth-order valence-electron chi connectivity index (χ4n) is 3.06. The molecule has 3 rings (SSSR count). The summed E-state index contributed by atoms with van der Waals surface area (Å²) in [5.74, 6) is 0. The molecular weight excluding hydrogens is 312 g/mol. The Hall–Kier alpha value is -2.06. The first-order valence-corrected chi connectivity index (χ1v) is 9.03. The van der Waals surface area contributed by atoms with E-state index in [1.165, 1.54) is 20.9 Å². The molecule has 0 bridgehead atoms. The zero-order valence-corrected chi connectivity index (χ0v) is 15.2. The average Bonchev–Trinajstić information content (AvgIpc) is 2.58. The van der Waals surface area contributed by atoms with Crippen molar-refractivity contribution in [2.75, 3.05) is 0 Å². The zero-order chi connectivity index (χ0) is 17.2. The van der Waals surface area contributed by atoms with E-state index in [0.717, 1.165) is 23.8 Å². The van der Waals surface area contributed by atoms with Crippen LogP contribution in [0.15, 0.2) is 65.6 Å². The third-order valence-corrected chi connectivity index (χ3v) is 5.67. The quantitative estimate of drug-likeness (QED) is 0.496. The number of carbonyl (C=O) groups is 1. The highest BCUT2D eigenvalue weighted by molar-refractivity contribution is 8.08. The van der Waals surface area contributed by atoms with Crippen LogP contribution in [-0.2, 0) is 10.2 Å². The summed E-state index contributed by atoms with van der Waals surface area (Å²) in [5, 5.41) is 0. The summed E-state index contributed by atoms with van der Waals surface area (Å²) in [6.45, 7) is 6.57. The lowest BCUT2D eigenvalue weighted by molar-refractivity contribution is -0.104. The van der Waals surface area contributed by atoms with Crippen molar-refractivity contribution in [2.24, 2.45) is 0 Å². The van der Waals surface area contributed by atoms with Crippen molar-refractivity contribution in [2.45, 2.75) is 37.5 Å². The van der Waals surface area contributed by atoms with Gasteiger partial charge >= 0.3 is 0 Å². The van der Waals surface area contributed by atoms with Crippen molar-refractivity contribution in [3.8, 4) is 0 Å². The van der Waals surface area contributed by atoms with Gasteiger partial charge < -0.3 is 0 Å². The van der Waals surface area contributed by atoms with Gasteiger partial charge in [0.1, 0.15) is 6.29 Å². The first-order valence-electron chi connectivity index (χ1n) is 8.22. The van der Waals surface area contributed by atoms with Crippen LogP contribution in [0, 0.1) is 0 Å². The number of hydrogen-bond donors (Lipinski definition) is 0. The molecule has 0 aliphatic heterocycles. The van der Waals surface area contributed by atoms with Crippen LogP contribution >= 0.6 is 11.8 Å². The molecule has 0 spiro atoms. The molecule has 0 saturated carbocycles. The Morgan fingerprint density at radius 2 is 1.88 bits per heavy atom. The SMILES string of the molecule is C/C(=C/C=O)c1ccc2c(c1)C(Sc1ccccc1)=CCC2(C)C. The van der Waals surface area contributed by atoms with E-state index in [-0.39, 0.29) is 5.41 Å². The highest BCUT2D eigenvalue weighted by Crippen LogP contribution is 2.45. The molecule has 1 aliphatic carbocycles. The number of hydrogen-bond acceptors (Lipinski definition) is 2. The summed E-state index contributed by atoms with van der Waals surface area (Å²) in [6, 6.07) is 17.1. The smallest absolute Gasteiger partial charge is 0.143 e. The molecule has 24 heavy (non-hydrogen) atoms. The summed E-state index contributed by atoms with van der Waals surface area (Å²) in [4.78, 5) is 13.3. The van der Waals surface area contributed by atoms with Gasteiger partial charge in [-0.1, -0.05) is 62.0 Å². The summed E-state index contributed by atoms with van der Waals surface area (Å²) in [6.07, 6.45) is 5.87. The van der Waals surface area contributed by atoms with Crippen molar-refractivity contribution in [1.29, 1.82) is 0 Å². The Balaban J connectivity index is 2.05. The van der Waals surface area contributed by atoms with Gasteiger partial charge in [-0.2, -0.15) is 0 Å². The first-order chi connectivity index (χ1) is 11.5. The van der Waals surface area contributed by atoms with Crippen LogP contribution in [0.3, 0.4) is 0 Å². The van der Waals surface area contributed by atoms with E-state index in [2.05, 4.69) is 62.4 Å². The molecular formula is C22H22OS. The van der Waals surface area contributed by atoms with E-state index >= 15 is 0 Å². The van der Waals surface area contributed by atoms with Crippen LogP contribution in [-0.4, -0.2) is 6.29 Å². The molecule has 0 fully saturated rings. The molecule has 122 valence electrons. The topological polar surface area (TPSA) is 17.1 Å². The standard InChI is InChI=1S/C22H22OS/c1-16(12-14-23)17-9-10-20-19(15-17)21(11-13-22(20,2)3)24-18-7-5-4-6-8-18/h4-12,14-15H,13H2,1-3H3/b16-12-. The lowest BCUT2D eigenvalue weighted by atomic mass is 9.75. The fraction of sp³-hybridized carbons (Fsp3) is 0.227. The maximum atomic E-state index is 10.8. The zero-order valence-electron chi connectivity index (χ0n) is 14.4. The molecule has 0 aromatic heterocycles. The van der Waals surface area contributed by atoms with Gasteiger partial charge in [0.15, 0.2) is 0 Å². The molecule has 1 aliphatic rings. The molecule has 0 amide bonds. The number of thioether (sulfide) groups is 1. The third-order valence-electron chi connectivity index (χ3n) is 4.56. The maximum Gasteiger partial charge on any atom is 0.143 e. The van der Waals surface area contributed by atoms with Gasteiger partial charge in [-0.05, 0) is 65.3 Å². The van der Waals surface area contributed by atoms with Crippen LogP contribution < -0.4 is 0 Å². The average molecular weight is 334 g/mol. The summed E-state index contributed by atoms with van der Waals surface area (Å²) < 4.78 is 0. The van der Waals surface area contributed by atoms with Gasteiger partial charge in [0, 0.05) is 9.80 Å². The molecule has 0 N–H and O–H groups in total. The van der Waals surface area contributed by atoms with Gasteiger partial charge in [0.25, 0.3) is 0 Å². The number of fused-ring (bicyclic) bond motifs is 1. The van der Waals surface area contributed by atoms with Gasteiger partial charge in [-0.25, -0.2) is 0 Å². The molecule has 1 nitrogen and oxygen atoms in total. The van der Waals surface area contributed by atoms with Crippen LogP contribution in [0.5, 0.6) is 0 Å². The highest BCUT2D eigenvalue weighted by Gasteiger charge is 2.28. The van der Waals surface area contributed by atoms with Crippen LogP contribution in [0.4, 0.5) is 0 Å². The lowest BCUT2D eigenvalue weighted by Gasteiger charge is -2.32. The monoisotopic (exact) mass is 334 g/mol. The molecule has 2 heteroatoms. The Bertz CT molecular complexity index is 813. The van der Waals surface area contributed by atoms with Crippen LogP contribution in [0.1, 0.15) is 43.9 Å². The minimum atomic E-state index is 0.136. The first kappa shape index (κ1) is 16.8. The molecule has 2 aromatic carbocycles. The Labute approximate surface area is 148 Å². The Morgan fingerprint density at radius 1 is 1.12 bits per heavy atom. The predicted octanol–water partition coefficient (Wildman–Crippen LogP) is 6.10. The Morgan fingerprint density at radius 3 is 2.58 bits per heavy atom. The van der Waals surface area contributed by atoms with E-state index in [1.54, 1.807) is 6.08 Å². The van der Waals surface area contributed by atoms with E-state index < -0.39 is 0 Å². The van der Waals surface area contributed by atoms with Crippen LogP contribution in [0.25, 0.3) is 10.5 Å². The number of benzene rings is 2. The van der Waals surface area contributed by atoms with E-state index in [4.69, 9.17) is 0 Å². The van der Waals surface area contributed by atoms with Crippen LogP contribution in [0.2, 0.25) is 0 Å². The van der Waals surface area contributed by atoms with E-state index in [9.17, 15) is 4.79 Å². The van der Waals surface area contributed by atoms with E-state index in [0.29, 0.717) is 0 Å². The third kappa shape index (κ3) is 3.39. The molecule has 0 atom stereocenters. The largest absolute Gasteiger partial charge is 0.299 e. The highest BCUT2D eigenvalue weighted by atomic mass is 32.2. The number of aldehydes is 1. The van der Waals surface area contributed by atoms with Crippen molar-refractivity contribution in [3.63, 3.8) is 0 Å². The second-order valence-electron chi connectivity index (χ2n) is 6.82. The normalized spacial score (nSPS) is 16.3. The second kappa shape index (κ2) is 6.82. The minimum Gasteiger partial charge on any atom is -0.299 e. The lowest BCUT2D eigenvalue weighted by Crippen LogP contribution is -2.21. The predicted molar refractivity (Wildman–Crippen MR) is 104 cm³/mol. The number of rotatable bonds is 4. The van der Waals surface area contributed by atoms with Crippen molar-refractivity contribution in [1.82, 2.24) is 0 Å². The van der Waals surface area contributed by atoms with Gasteiger partial charge in [0.2, 0.25) is 0 Å². The summed E-state index contributed by atoms with van der Waals surface area (Å²) >= 11 is 1.81. The maximum absolute atomic E-state index is 10.8. The molecule has 0 unspecified atom stereocenters. The summed E-state index contributed by atoms with van der Waals surface area (Å²) in [5.41, 5.74) is 4.91. The van der Waals surface area contributed by atoms with Gasteiger partial charge in [0.05, 0.1) is 0 Å². The molecule has 2 aromatic rings. The summed E-state index contributed by atoms with van der Waals surface area (Å²) in [7, 11) is 0. The fourth-order valence-corrected chi connectivity index (χ4v) is 4.05. The molecule has 0 heterocycles. The molecule has 0 saturated heterocycles. The number of carbonyl (C=O) groups excluding carboxylic acids is 1. The van der Waals surface area contributed by atoms with Crippen molar-refractivity contribution < 1.29 is 4.79 Å². The Kier molecular flexibility index (Phi) is 4.77. The van der Waals surface area contributed by atoms with Gasteiger partial charge in [-0.15, -0.1) is 0 Å². The minimum absolute atomic E-state index is 0.136. The van der Waals surface area contributed by atoms with E-state index in [1.807, 2.05) is 24.8 Å². The molecule has 0 radical (unpaired) electrons. The van der Waals surface area contributed by atoms with Crippen molar-refractivity contribution >= 4 is 28.5 Å². The second-order valence-corrected chi connectivity index (χ2v) is 7.93. The van der Waals surface area contributed by atoms with Gasteiger partial charge in [-0.3, -0.25) is 4.79 Å². The number of allylic oxidation sites excluding steroid dienone is 3. The van der Waals surface area contributed by atoms with Crippen molar-refractivity contribution in [3.05, 3.63) is 77.4 Å².